The van der Waals surface area contributed by atoms with Gasteiger partial charge in [-0.3, -0.25) is 4.98 Å². The maximum atomic E-state index is 11.1. The number of nitrogens with one attached hydrogen (secondary N) is 2. The fourth-order valence-electron chi connectivity index (χ4n) is 1.90. The molecule has 0 saturated heterocycles. The first-order valence-electron chi connectivity index (χ1n) is 5.99. The summed E-state index contributed by atoms with van der Waals surface area (Å²) in [5.41, 5.74) is 2.33. The van der Waals surface area contributed by atoms with E-state index in [9.17, 15) is 4.79 Å². The Morgan fingerprint density at radius 1 is 1.47 bits per heavy atom. The second kappa shape index (κ2) is 4.99. The van der Waals surface area contributed by atoms with E-state index in [0.717, 1.165) is 28.4 Å². The molecular formula is C13H13N3O2S. The Morgan fingerprint density at radius 2 is 2.37 bits per heavy atom. The molecule has 2 heterocycles. The molecule has 0 aliphatic carbocycles. The summed E-state index contributed by atoms with van der Waals surface area (Å²) in [5, 5.41) is 4.21. The molecular weight excluding hydrogens is 262 g/mol. The SMILES string of the molecule is CNCCc1ncc(-c2ccc3oc(=O)[nH]c3c2)s1. The highest BCUT2D eigenvalue weighted by atomic mass is 32.1. The molecule has 3 rings (SSSR count). The van der Waals surface area contributed by atoms with Gasteiger partial charge in [0.2, 0.25) is 0 Å². The van der Waals surface area contributed by atoms with Crippen molar-refractivity contribution in [1.29, 1.82) is 0 Å². The summed E-state index contributed by atoms with van der Waals surface area (Å²) in [6.45, 7) is 0.918. The van der Waals surface area contributed by atoms with Crippen molar-refractivity contribution in [3.63, 3.8) is 0 Å². The fourth-order valence-corrected chi connectivity index (χ4v) is 2.81. The Kier molecular flexibility index (Phi) is 3.18. The van der Waals surface area contributed by atoms with Gasteiger partial charge in [0.05, 0.1) is 15.4 Å². The number of aromatic nitrogens is 2. The van der Waals surface area contributed by atoms with Crippen LogP contribution in [0.1, 0.15) is 5.01 Å². The van der Waals surface area contributed by atoms with E-state index in [-0.39, 0.29) is 0 Å². The highest BCUT2D eigenvalue weighted by Gasteiger charge is 2.07. The molecule has 0 amide bonds. The van der Waals surface area contributed by atoms with Crippen molar-refractivity contribution in [3.8, 4) is 10.4 Å². The number of H-pyrrole nitrogens is 1. The van der Waals surface area contributed by atoms with Gasteiger partial charge >= 0.3 is 5.76 Å². The molecule has 2 aromatic heterocycles. The lowest BCUT2D eigenvalue weighted by Gasteiger charge is -1.96. The first-order valence-corrected chi connectivity index (χ1v) is 6.80. The number of likely N-dealkylation sites (N-methyl/N-ethyl adjacent to an activating group) is 1. The Labute approximate surface area is 113 Å². The largest absolute Gasteiger partial charge is 0.417 e. The molecule has 0 aliphatic heterocycles. The van der Waals surface area contributed by atoms with Crippen LogP contribution in [0.5, 0.6) is 0 Å². The highest BCUT2D eigenvalue weighted by molar-refractivity contribution is 7.15. The summed E-state index contributed by atoms with van der Waals surface area (Å²) < 4.78 is 4.99. The van der Waals surface area contributed by atoms with Gasteiger partial charge in [0.15, 0.2) is 5.58 Å². The highest BCUT2D eigenvalue weighted by Crippen LogP contribution is 2.28. The van der Waals surface area contributed by atoms with Crippen molar-refractivity contribution >= 4 is 22.4 Å². The van der Waals surface area contributed by atoms with Gasteiger partial charge in [-0.05, 0) is 30.8 Å². The van der Waals surface area contributed by atoms with Crippen molar-refractivity contribution in [2.45, 2.75) is 6.42 Å². The average Bonchev–Trinajstić information content (AvgIpc) is 3.00. The predicted molar refractivity (Wildman–Crippen MR) is 75.6 cm³/mol. The zero-order valence-electron chi connectivity index (χ0n) is 10.4. The van der Waals surface area contributed by atoms with Crippen molar-refractivity contribution in [2.24, 2.45) is 0 Å². The Morgan fingerprint density at radius 3 is 3.21 bits per heavy atom. The Balaban J connectivity index is 1.94. The van der Waals surface area contributed by atoms with E-state index in [0.29, 0.717) is 11.1 Å². The molecule has 1 aromatic carbocycles. The summed E-state index contributed by atoms with van der Waals surface area (Å²) in [6, 6.07) is 5.65. The van der Waals surface area contributed by atoms with E-state index in [1.54, 1.807) is 17.4 Å². The van der Waals surface area contributed by atoms with Gasteiger partial charge in [-0.15, -0.1) is 11.3 Å². The van der Waals surface area contributed by atoms with Crippen molar-refractivity contribution in [1.82, 2.24) is 15.3 Å². The second-order valence-corrected chi connectivity index (χ2v) is 5.31. The lowest BCUT2D eigenvalue weighted by atomic mass is 10.2. The molecule has 5 nitrogen and oxygen atoms in total. The van der Waals surface area contributed by atoms with Crippen LogP contribution in [-0.2, 0) is 6.42 Å². The number of oxazole rings is 1. The lowest BCUT2D eigenvalue weighted by Crippen LogP contribution is -2.09. The van der Waals surface area contributed by atoms with E-state index in [2.05, 4.69) is 15.3 Å². The minimum Gasteiger partial charge on any atom is -0.408 e. The fraction of sp³-hybridized carbons (Fsp3) is 0.231. The third-order valence-electron chi connectivity index (χ3n) is 2.85. The number of rotatable bonds is 4. The monoisotopic (exact) mass is 275 g/mol. The van der Waals surface area contributed by atoms with E-state index in [1.165, 1.54) is 0 Å². The van der Waals surface area contributed by atoms with Crippen LogP contribution in [0.4, 0.5) is 0 Å². The van der Waals surface area contributed by atoms with E-state index in [1.807, 2.05) is 25.4 Å². The minimum absolute atomic E-state index is 0.425. The number of benzene rings is 1. The van der Waals surface area contributed by atoms with Gasteiger partial charge in [0.25, 0.3) is 0 Å². The van der Waals surface area contributed by atoms with E-state index >= 15 is 0 Å². The molecule has 0 unspecified atom stereocenters. The average molecular weight is 275 g/mol. The summed E-state index contributed by atoms with van der Waals surface area (Å²) in [6.07, 6.45) is 2.79. The lowest BCUT2D eigenvalue weighted by molar-refractivity contribution is 0.555. The summed E-state index contributed by atoms with van der Waals surface area (Å²) in [5.74, 6) is -0.425. The van der Waals surface area contributed by atoms with Crippen LogP contribution in [0, 0.1) is 0 Å². The van der Waals surface area contributed by atoms with Crippen LogP contribution in [0.3, 0.4) is 0 Å². The molecule has 98 valence electrons. The Hall–Kier alpha value is -1.92. The molecule has 2 N–H and O–H groups in total. The van der Waals surface area contributed by atoms with Gasteiger partial charge in [-0.1, -0.05) is 0 Å². The van der Waals surface area contributed by atoms with Crippen LogP contribution < -0.4 is 11.1 Å². The summed E-state index contributed by atoms with van der Waals surface area (Å²) >= 11 is 1.67. The van der Waals surface area contributed by atoms with Crippen molar-refractivity contribution in [3.05, 3.63) is 40.0 Å². The van der Waals surface area contributed by atoms with Crippen molar-refractivity contribution < 1.29 is 4.42 Å². The van der Waals surface area contributed by atoms with E-state index in [4.69, 9.17) is 4.42 Å². The molecule has 0 fully saturated rings. The number of thiazole rings is 1. The zero-order chi connectivity index (χ0) is 13.2. The first-order chi connectivity index (χ1) is 9.26. The van der Waals surface area contributed by atoms with Crippen LogP contribution in [0.15, 0.2) is 33.6 Å². The predicted octanol–water partition coefficient (Wildman–Crippen LogP) is 2.01. The number of hydrogen-bond acceptors (Lipinski definition) is 5. The molecule has 0 spiro atoms. The third kappa shape index (κ3) is 2.45. The van der Waals surface area contributed by atoms with Crippen molar-refractivity contribution in [2.75, 3.05) is 13.6 Å². The number of nitrogens with zero attached hydrogens (tertiary/aromatic N) is 1. The van der Waals surface area contributed by atoms with Crippen LogP contribution in [0.2, 0.25) is 0 Å². The van der Waals surface area contributed by atoms with Gasteiger partial charge in [0, 0.05) is 19.2 Å². The standard InChI is InChI=1S/C13H13N3O2S/c1-14-5-4-12-15-7-11(19-12)8-2-3-10-9(6-8)16-13(17)18-10/h2-3,6-7,14H,4-5H2,1H3,(H,16,17). The quantitative estimate of drug-likeness (QED) is 0.764. The number of aromatic amines is 1. The van der Waals surface area contributed by atoms with Crippen LogP contribution >= 0.6 is 11.3 Å². The van der Waals surface area contributed by atoms with Gasteiger partial charge in [0.1, 0.15) is 0 Å². The maximum Gasteiger partial charge on any atom is 0.417 e. The Bertz CT molecular complexity index is 756. The molecule has 0 aliphatic rings. The molecule has 0 radical (unpaired) electrons. The zero-order valence-corrected chi connectivity index (χ0v) is 11.2. The minimum atomic E-state index is -0.425. The number of fused-ring (bicyclic) bond motifs is 1. The molecule has 0 atom stereocenters. The molecule has 6 heteroatoms. The maximum absolute atomic E-state index is 11.1. The van der Waals surface area contributed by atoms with Gasteiger partial charge < -0.3 is 9.73 Å². The smallest absolute Gasteiger partial charge is 0.408 e. The summed E-state index contributed by atoms with van der Waals surface area (Å²) in [7, 11) is 1.93. The normalized spacial score (nSPS) is 11.2. The number of hydrogen-bond donors (Lipinski definition) is 2. The topological polar surface area (TPSA) is 70.9 Å². The van der Waals surface area contributed by atoms with Crippen LogP contribution in [0.25, 0.3) is 21.5 Å². The second-order valence-electron chi connectivity index (χ2n) is 4.20. The molecule has 3 aromatic rings. The van der Waals surface area contributed by atoms with Gasteiger partial charge in [-0.2, -0.15) is 0 Å². The third-order valence-corrected chi connectivity index (χ3v) is 3.95. The molecule has 19 heavy (non-hydrogen) atoms. The molecule has 0 bridgehead atoms. The van der Waals surface area contributed by atoms with Crippen LogP contribution in [-0.4, -0.2) is 23.6 Å². The van der Waals surface area contributed by atoms with E-state index < -0.39 is 5.76 Å². The first kappa shape index (κ1) is 12.1. The van der Waals surface area contributed by atoms with Gasteiger partial charge in [-0.25, -0.2) is 9.78 Å². The summed E-state index contributed by atoms with van der Waals surface area (Å²) in [4.78, 5) is 19.3. The molecule has 0 saturated carbocycles.